The summed E-state index contributed by atoms with van der Waals surface area (Å²) in [6.45, 7) is 3.52. The molecule has 2 heterocycles. The summed E-state index contributed by atoms with van der Waals surface area (Å²) in [7, 11) is 0. The fourth-order valence-corrected chi connectivity index (χ4v) is 3.14. The van der Waals surface area contributed by atoms with Gasteiger partial charge in [0.25, 0.3) is 0 Å². The highest BCUT2D eigenvalue weighted by atomic mass is 16.2. The van der Waals surface area contributed by atoms with Gasteiger partial charge < -0.3 is 15.2 Å². The van der Waals surface area contributed by atoms with Gasteiger partial charge in [0.05, 0.1) is 5.92 Å². The molecule has 1 aliphatic heterocycles. The van der Waals surface area contributed by atoms with Crippen molar-refractivity contribution in [2.75, 3.05) is 13.1 Å². The second-order valence-electron chi connectivity index (χ2n) is 6.09. The molecule has 5 heteroatoms. The van der Waals surface area contributed by atoms with Gasteiger partial charge in [-0.15, -0.1) is 0 Å². The van der Waals surface area contributed by atoms with Gasteiger partial charge in [-0.05, 0) is 43.4 Å². The molecule has 1 aromatic heterocycles. The average molecular weight is 299 g/mol. The molecule has 2 N–H and O–H groups in total. The van der Waals surface area contributed by atoms with Gasteiger partial charge in [0.2, 0.25) is 11.8 Å². The molecule has 5 nitrogen and oxygen atoms in total. The van der Waals surface area contributed by atoms with Gasteiger partial charge in [0, 0.05) is 24.8 Å². The molecule has 1 atom stereocenters. The number of hydrogen-bond donors (Lipinski definition) is 1. The van der Waals surface area contributed by atoms with E-state index in [2.05, 4.69) is 13.0 Å². The van der Waals surface area contributed by atoms with Crippen molar-refractivity contribution in [1.29, 1.82) is 0 Å². The highest BCUT2D eigenvalue weighted by Gasteiger charge is 2.27. The normalized spacial score (nSPS) is 18.6. The molecule has 1 saturated heterocycles. The zero-order valence-corrected chi connectivity index (χ0v) is 12.8. The van der Waals surface area contributed by atoms with E-state index in [1.165, 1.54) is 5.56 Å². The van der Waals surface area contributed by atoms with Crippen LogP contribution in [0.3, 0.4) is 0 Å². The number of hydrogen-bond acceptors (Lipinski definition) is 2. The molecule has 0 aliphatic carbocycles. The molecule has 1 aliphatic rings. The van der Waals surface area contributed by atoms with Gasteiger partial charge in [-0.1, -0.05) is 11.6 Å². The molecule has 0 bridgehead atoms. The Morgan fingerprint density at radius 2 is 2.14 bits per heavy atom. The molecule has 22 heavy (non-hydrogen) atoms. The van der Waals surface area contributed by atoms with Crippen LogP contribution in [0.4, 0.5) is 0 Å². The summed E-state index contributed by atoms with van der Waals surface area (Å²) in [5.74, 6) is -0.467. The lowest BCUT2D eigenvalue weighted by atomic mass is 9.97. The van der Waals surface area contributed by atoms with E-state index in [1.807, 2.05) is 29.0 Å². The van der Waals surface area contributed by atoms with Gasteiger partial charge >= 0.3 is 0 Å². The van der Waals surface area contributed by atoms with Crippen LogP contribution >= 0.6 is 0 Å². The van der Waals surface area contributed by atoms with Gasteiger partial charge in [-0.3, -0.25) is 9.59 Å². The molecule has 1 aromatic carbocycles. The Bertz CT molecular complexity index is 720. The maximum atomic E-state index is 12.5. The quantitative estimate of drug-likeness (QED) is 0.936. The monoisotopic (exact) mass is 299 g/mol. The minimum absolute atomic E-state index is 0.0454. The second kappa shape index (κ2) is 5.83. The Morgan fingerprint density at radius 1 is 1.32 bits per heavy atom. The molecule has 1 fully saturated rings. The minimum atomic E-state index is -0.306. The van der Waals surface area contributed by atoms with Crippen molar-refractivity contribution in [3.8, 4) is 0 Å². The SMILES string of the molecule is Cc1ccc2c(ccn2CC(=O)N2CCC[C@H](C(N)=O)C2)c1. The summed E-state index contributed by atoms with van der Waals surface area (Å²) in [5, 5.41) is 1.14. The standard InChI is InChI=1S/C17H21N3O2/c1-12-4-5-15-13(9-12)6-8-19(15)11-16(21)20-7-2-3-14(10-20)17(18)22/h4-6,8-9,14H,2-3,7,10-11H2,1H3,(H2,18,22)/t14-/m0/s1. The van der Waals surface area contributed by atoms with Crippen LogP contribution in [0, 0.1) is 12.8 Å². The number of aromatic nitrogens is 1. The van der Waals surface area contributed by atoms with Gasteiger partial charge in [-0.25, -0.2) is 0 Å². The molecular weight excluding hydrogens is 278 g/mol. The number of carbonyl (C=O) groups excluding carboxylic acids is 2. The third kappa shape index (κ3) is 2.84. The summed E-state index contributed by atoms with van der Waals surface area (Å²) >= 11 is 0. The minimum Gasteiger partial charge on any atom is -0.369 e. The smallest absolute Gasteiger partial charge is 0.242 e. The molecule has 0 unspecified atom stereocenters. The predicted octanol–water partition coefficient (Wildman–Crippen LogP) is 1.67. The molecule has 0 spiro atoms. The topological polar surface area (TPSA) is 68.3 Å². The first-order valence-electron chi connectivity index (χ1n) is 7.67. The second-order valence-corrected chi connectivity index (χ2v) is 6.09. The molecule has 2 amide bonds. The molecule has 2 aromatic rings. The van der Waals surface area contributed by atoms with Crippen molar-refractivity contribution in [1.82, 2.24) is 9.47 Å². The lowest BCUT2D eigenvalue weighted by molar-refractivity contribution is -0.135. The van der Waals surface area contributed by atoms with Crippen molar-refractivity contribution >= 4 is 22.7 Å². The zero-order valence-electron chi connectivity index (χ0n) is 12.8. The molecular formula is C17H21N3O2. The van der Waals surface area contributed by atoms with Crippen LogP contribution in [0.15, 0.2) is 30.5 Å². The molecule has 0 radical (unpaired) electrons. The number of carbonyl (C=O) groups is 2. The Morgan fingerprint density at radius 3 is 2.91 bits per heavy atom. The molecule has 0 saturated carbocycles. The number of amides is 2. The number of piperidine rings is 1. The summed E-state index contributed by atoms with van der Waals surface area (Å²) in [6.07, 6.45) is 3.56. The van der Waals surface area contributed by atoms with Crippen LogP contribution in [-0.4, -0.2) is 34.4 Å². The van der Waals surface area contributed by atoms with E-state index in [0.717, 1.165) is 23.7 Å². The summed E-state index contributed by atoms with van der Waals surface area (Å²) in [4.78, 5) is 25.6. The lowest BCUT2D eigenvalue weighted by Crippen LogP contribution is -2.45. The van der Waals surface area contributed by atoms with Gasteiger partial charge in [0.1, 0.15) is 6.54 Å². The van der Waals surface area contributed by atoms with Crippen LogP contribution < -0.4 is 5.73 Å². The van der Waals surface area contributed by atoms with Crippen molar-refractivity contribution in [2.45, 2.75) is 26.3 Å². The molecule has 3 rings (SSSR count). The lowest BCUT2D eigenvalue weighted by Gasteiger charge is -2.31. The first-order chi connectivity index (χ1) is 10.5. The summed E-state index contributed by atoms with van der Waals surface area (Å²) < 4.78 is 1.96. The number of primary amides is 1. The number of nitrogens with zero attached hydrogens (tertiary/aromatic N) is 2. The third-order valence-electron chi connectivity index (χ3n) is 4.41. The van der Waals surface area contributed by atoms with E-state index in [9.17, 15) is 9.59 Å². The van der Waals surface area contributed by atoms with E-state index >= 15 is 0 Å². The van der Waals surface area contributed by atoms with Crippen molar-refractivity contribution in [3.05, 3.63) is 36.0 Å². The maximum Gasteiger partial charge on any atom is 0.242 e. The number of rotatable bonds is 3. The molecule has 116 valence electrons. The Kier molecular flexibility index (Phi) is 3.88. The fourth-order valence-electron chi connectivity index (χ4n) is 3.14. The summed E-state index contributed by atoms with van der Waals surface area (Å²) in [6, 6.07) is 8.23. The summed E-state index contributed by atoms with van der Waals surface area (Å²) in [5.41, 5.74) is 7.64. The van der Waals surface area contributed by atoms with E-state index in [4.69, 9.17) is 5.73 Å². The van der Waals surface area contributed by atoms with E-state index in [0.29, 0.717) is 19.6 Å². The first kappa shape index (κ1) is 14.6. The number of fused-ring (bicyclic) bond motifs is 1. The Labute approximate surface area is 129 Å². The highest BCUT2D eigenvalue weighted by Crippen LogP contribution is 2.19. The first-order valence-corrected chi connectivity index (χ1v) is 7.67. The van der Waals surface area contributed by atoms with Crippen LogP contribution in [0.25, 0.3) is 10.9 Å². The Balaban J connectivity index is 1.74. The van der Waals surface area contributed by atoms with Crippen LogP contribution in [-0.2, 0) is 16.1 Å². The average Bonchev–Trinajstić information content (AvgIpc) is 2.89. The van der Waals surface area contributed by atoms with Gasteiger partial charge in [0.15, 0.2) is 0 Å². The van der Waals surface area contributed by atoms with Crippen LogP contribution in [0.5, 0.6) is 0 Å². The van der Waals surface area contributed by atoms with E-state index < -0.39 is 0 Å². The fraction of sp³-hybridized carbons (Fsp3) is 0.412. The third-order valence-corrected chi connectivity index (χ3v) is 4.41. The Hall–Kier alpha value is -2.30. The van der Waals surface area contributed by atoms with Crippen molar-refractivity contribution < 1.29 is 9.59 Å². The van der Waals surface area contributed by atoms with Crippen molar-refractivity contribution in [3.63, 3.8) is 0 Å². The van der Waals surface area contributed by atoms with E-state index in [-0.39, 0.29) is 17.7 Å². The maximum absolute atomic E-state index is 12.5. The van der Waals surface area contributed by atoms with Crippen molar-refractivity contribution in [2.24, 2.45) is 11.7 Å². The van der Waals surface area contributed by atoms with Gasteiger partial charge in [-0.2, -0.15) is 0 Å². The number of aryl methyl sites for hydroxylation is 1. The number of likely N-dealkylation sites (tertiary alicyclic amines) is 1. The van der Waals surface area contributed by atoms with E-state index in [1.54, 1.807) is 4.90 Å². The number of benzene rings is 1. The highest BCUT2D eigenvalue weighted by molar-refractivity contribution is 5.84. The van der Waals surface area contributed by atoms with Crippen LogP contribution in [0.1, 0.15) is 18.4 Å². The van der Waals surface area contributed by atoms with Crippen LogP contribution in [0.2, 0.25) is 0 Å². The predicted molar refractivity (Wildman–Crippen MR) is 85.2 cm³/mol. The number of nitrogens with two attached hydrogens (primary N) is 1. The zero-order chi connectivity index (χ0) is 15.7. The largest absolute Gasteiger partial charge is 0.369 e.